The number of aryl methyl sites for hydroxylation is 1. The van der Waals surface area contributed by atoms with E-state index in [0.717, 1.165) is 31.7 Å². The van der Waals surface area contributed by atoms with Gasteiger partial charge in [-0.15, -0.1) is 11.3 Å². The minimum absolute atomic E-state index is 0.276. The van der Waals surface area contributed by atoms with Crippen LogP contribution in [0, 0.1) is 6.92 Å². The van der Waals surface area contributed by atoms with Crippen LogP contribution >= 0.6 is 11.3 Å². The van der Waals surface area contributed by atoms with Gasteiger partial charge in [0.15, 0.2) is 11.5 Å². The Hall–Kier alpha value is -1.60. The fraction of sp³-hybridized carbons (Fsp3) is 0.583. The van der Waals surface area contributed by atoms with E-state index in [2.05, 4.69) is 35.3 Å². The molecular formula is C24H36N2O3S. The summed E-state index contributed by atoms with van der Waals surface area (Å²) < 4.78 is 11.4. The number of hydrogen-bond acceptors (Lipinski definition) is 6. The number of nitrogens with one attached hydrogen (secondary N) is 1. The molecule has 1 aliphatic rings. The third-order valence-corrected chi connectivity index (χ3v) is 6.50. The highest BCUT2D eigenvalue weighted by molar-refractivity contribution is 7.11. The molecular weight excluding hydrogens is 396 g/mol. The second-order valence-corrected chi connectivity index (χ2v) is 9.51. The maximum atomic E-state index is 10.5. The zero-order valence-electron chi connectivity index (χ0n) is 18.4. The Labute approximate surface area is 185 Å². The van der Waals surface area contributed by atoms with Crippen molar-refractivity contribution in [3.8, 4) is 11.5 Å². The standard InChI is InChI=1S/C24H36N2O3S/c1-19-8-10-22(30-19)16-25-15-20-9-11-23(28-2)24(14-20)29-18-21(27)17-26-12-6-4-3-5-7-13-26/h8-11,14,21,25,27H,3-7,12-13,15-18H2,1-2H3/t21-/m0/s1. The average molecular weight is 433 g/mol. The van der Waals surface area contributed by atoms with Gasteiger partial charge in [-0.2, -0.15) is 0 Å². The van der Waals surface area contributed by atoms with Crippen LogP contribution in [0.25, 0.3) is 0 Å². The van der Waals surface area contributed by atoms with Crippen LogP contribution in [-0.2, 0) is 13.1 Å². The van der Waals surface area contributed by atoms with Crippen molar-refractivity contribution in [1.29, 1.82) is 0 Å². The number of aliphatic hydroxyl groups is 1. The van der Waals surface area contributed by atoms with Crippen molar-refractivity contribution in [2.45, 2.75) is 58.2 Å². The summed E-state index contributed by atoms with van der Waals surface area (Å²) in [7, 11) is 1.65. The molecule has 1 fully saturated rings. The molecule has 5 nitrogen and oxygen atoms in total. The van der Waals surface area contributed by atoms with Gasteiger partial charge in [0.25, 0.3) is 0 Å². The fourth-order valence-electron chi connectivity index (χ4n) is 3.89. The molecule has 6 heteroatoms. The maximum absolute atomic E-state index is 10.5. The lowest BCUT2D eigenvalue weighted by Gasteiger charge is -2.26. The van der Waals surface area contributed by atoms with Gasteiger partial charge in [-0.25, -0.2) is 0 Å². The van der Waals surface area contributed by atoms with E-state index in [4.69, 9.17) is 9.47 Å². The summed E-state index contributed by atoms with van der Waals surface area (Å²) in [5.41, 5.74) is 1.14. The zero-order valence-corrected chi connectivity index (χ0v) is 19.2. The number of hydrogen-bond donors (Lipinski definition) is 2. The molecule has 2 N–H and O–H groups in total. The normalized spacial score (nSPS) is 16.6. The van der Waals surface area contributed by atoms with E-state index in [0.29, 0.717) is 18.0 Å². The quantitative estimate of drug-likeness (QED) is 0.584. The molecule has 0 spiro atoms. The predicted molar refractivity (Wildman–Crippen MR) is 124 cm³/mol. The third-order valence-electron chi connectivity index (χ3n) is 5.50. The Balaban J connectivity index is 1.48. The van der Waals surface area contributed by atoms with Crippen LogP contribution in [0.5, 0.6) is 11.5 Å². The van der Waals surface area contributed by atoms with E-state index in [1.807, 2.05) is 23.5 Å². The minimum Gasteiger partial charge on any atom is -0.493 e. The first-order chi connectivity index (χ1) is 14.6. The molecule has 0 amide bonds. The number of likely N-dealkylation sites (tertiary alicyclic amines) is 1. The molecule has 1 saturated heterocycles. The summed E-state index contributed by atoms with van der Waals surface area (Å²) in [4.78, 5) is 5.04. The van der Waals surface area contributed by atoms with Crippen molar-refractivity contribution >= 4 is 11.3 Å². The molecule has 166 valence electrons. The summed E-state index contributed by atoms with van der Waals surface area (Å²) in [6, 6.07) is 10.3. The van der Waals surface area contributed by atoms with Gasteiger partial charge in [0.05, 0.1) is 7.11 Å². The first kappa shape index (κ1) is 23.1. The molecule has 30 heavy (non-hydrogen) atoms. The number of thiophene rings is 1. The van der Waals surface area contributed by atoms with Crippen molar-refractivity contribution in [3.63, 3.8) is 0 Å². The van der Waals surface area contributed by atoms with Crippen LogP contribution < -0.4 is 14.8 Å². The Morgan fingerprint density at radius 1 is 1.03 bits per heavy atom. The van der Waals surface area contributed by atoms with Gasteiger partial charge in [0.1, 0.15) is 12.7 Å². The van der Waals surface area contributed by atoms with E-state index >= 15 is 0 Å². The van der Waals surface area contributed by atoms with Crippen LogP contribution in [0.1, 0.15) is 47.4 Å². The molecule has 1 atom stereocenters. The molecule has 1 aromatic carbocycles. The largest absolute Gasteiger partial charge is 0.493 e. The van der Waals surface area contributed by atoms with E-state index in [-0.39, 0.29) is 6.61 Å². The summed E-state index contributed by atoms with van der Waals surface area (Å²) in [6.45, 7) is 6.84. The number of methoxy groups -OCH3 is 1. The summed E-state index contributed by atoms with van der Waals surface area (Å²) in [5, 5.41) is 14.0. The van der Waals surface area contributed by atoms with Gasteiger partial charge < -0.3 is 24.8 Å². The van der Waals surface area contributed by atoms with E-state index in [1.54, 1.807) is 7.11 Å². The molecule has 0 unspecified atom stereocenters. The number of β-amino-alcohol motifs (C(OH)–C–C–N with tert-alkyl or cyclic N) is 1. The van der Waals surface area contributed by atoms with E-state index in [9.17, 15) is 5.11 Å². The van der Waals surface area contributed by atoms with E-state index < -0.39 is 6.10 Å². The Bertz CT molecular complexity index is 757. The van der Waals surface area contributed by atoms with Crippen LogP contribution in [0.15, 0.2) is 30.3 Å². The van der Waals surface area contributed by atoms with Crippen LogP contribution in [0.4, 0.5) is 0 Å². The summed E-state index contributed by atoms with van der Waals surface area (Å²) in [6.07, 6.45) is 5.89. The Morgan fingerprint density at radius 3 is 2.50 bits per heavy atom. The Kier molecular flexibility index (Phi) is 9.46. The molecule has 1 aromatic heterocycles. The summed E-state index contributed by atoms with van der Waals surface area (Å²) >= 11 is 1.82. The number of benzene rings is 1. The van der Waals surface area contributed by atoms with Crippen molar-refractivity contribution in [2.75, 3.05) is 33.4 Å². The topological polar surface area (TPSA) is 54.0 Å². The highest BCUT2D eigenvalue weighted by Gasteiger charge is 2.15. The van der Waals surface area contributed by atoms with Gasteiger partial charge in [0.2, 0.25) is 0 Å². The van der Waals surface area contributed by atoms with Gasteiger partial charge >= 0.3 is 0 Å². The molecule has 3 rings (SSSR count). The molecule has 0 bridgehead atoms. The lowest BCUT2D eigenvalue weighted by Crippen LogP contribution is -2.37. The van der Waals surface area contributed by atoms with Crippen LogP contribution in [0.2, 0.25) is 0 Å². The van der Waals surface area contributed by atoms with Crippen LogP contribution in [0.3, 0.4) is 0 Å². The molecule has 0 radical (unpaired) electrons. The number of ether oxygens (including phenoxy) is 2. The molecule has 1 aliphatic heterocycles. The number of rotatable bonds is 10. The van der Waals surface area contributed by atoms with Crippen molar-refractivity contribution < 1.29 is 14.6 Å². The monoisotopic (exact) mass is 432 g/mol. The maximum Gasteiger partial charge on any atom is 0.161 e. The molecule has 2 heterocycles. The SMILES string of the molecule is COc1ccc(CNCc2ccc(C)s2)cc1OC[C@@H](O)CN1CCCCCCC1. The van der Waals surface area contributed by atoms with Crippen LogP contribution in [-0.4, -0.2) is 49.5 Å². The average Bonchev–Trinajstić information content (AvgIpc) is 3.13. The van der Waals surface area contributed by atoms with Crippen molar-refractivity contribution in [3.05, 3.63) is 45.6 Å². The summed E-state index contributed by atoms with van der Waals surface area (Å²) in [5.74, 6) is 1.39. The Morgan fingerprint density at radius 2 is 1.80 bits per heavy atom. The molecule has 0 saturated carbocycles. The van der Waals surface area contributed by atoms with E-state index in [1.165, 1.54) is 41.9 Å². The number of nitrogens with zero attached hydrogens (tertiary/aromatic N) is 1. The highest BCUT2D eigenvalue weighted by atomic mass is 32.1. The zero-order chi connectivity index (χ0) is 21.2. The highest BCUT2D eigenvalue weighted by Crippen LogP contribution is 2.28. The van der Waals surface area contributed by atoms with Crippen molar-refractivity contribution in [2.24, 2.45) is 0 Å². The third kappa shape index (κ3) is 7.58. The van der Waals surface area contributed by atoms with Gasteiger partial charge in [-0.3, -0.25) is 0 Å². The second kappa shape index (κ2) is 12.3. The molecule has 0 aliphatic carbocycles. The van der Waals surface area contributed by atoms with Gasteiger partial charge in [-0.1, -0.05) is 25.3 Å². The minimum atomic E-state index is -0.502. The first-order valence-corrected chi connectivity index (χ1v) is 11.9. The molecule has 2 aromatic rings. The smallest absolute Gasteiger partial charge is 0.161 e. The van der Waals surface area contributed by atoms with Crippen molar-refractivity contribution in [1.82, 2.24) is 10.2 Å². The first-order valence-electron chi connectivity index (χ1n) is 11.1. The fourth-order valence-corrected chi connectivity index (χ4v) is 4.75. The number of aliphatic hydroxyl groups excluding tert-OH is 1. The lowest BCUT2D eigenvalue weighted by atomic mass is 10.1. The second-order valence-electron chi connectivity index (χ2n) is 8.13. The van der Waals surface area contributed by atoms with Gasteiger partial charge in [0, 0.05) is 29.4 Å². The van der Waals surface area contributed by atoms with Gasteiger partial charge in [-0.05, 0) is 62.7 Å². The predicted octanol–water partition coefficient (Wildman–Crippen LogP) is 4.36. The lowest BCUT2D eigenvalue weighted by molar-refractivity contribution is 0.0644.